The molecule has 0 saturated heterocycles. The second kappa shape index (κ2) is 11.5. The molecule has 0 N–H and O–H groups in total. The average molecular weight is 705 g/mol. The Labute approximate surface area is 320 Å². The van der Waals surface area contributed by atoms with Gasteiger partial charge in [0.25, 0.3) is 0 Å². The molecule has 2 heterocycles. The van der Waals surface area contributed by atoms with Crippen LogP contribution in [0.15, 0.2) is 152 Å². The molecule has 0 unspecified atom stereocenters. The minimum Gasteiger partial charge on any atom is -0.306 e. The molecule has 0 atom stereocenters. The van der Waals surface area contributed by atoms with E-state index in [0.29, 0.717) is 5.56 Å². The second-order valence-corrected chi connectivity index (χ2v) is 15.3. The Hall–Kier alpha value is -6.96. The lowest BCUT2D eigenvalue weighted by Gasteiger charge is -2.34. The van der Waals surface area contributed by atoms with E-state index in [4.69, 9.17) is 4.98 Å². The van der Waals surface area contributed by atoms with Crippen molar-refractivity contribution in [2.75, 3.05) is 4.90 Å². The number of fused-ring (bicyclic) bond motifs is 7. The van der Waals surface area contributed by atoms with E-state index in [1.165, 1.54) is 66.1 Å². The van der Waals surface area contributed by atoms with Gasteiger partial charge in [-0.15, -0.1) is 0 Å². The minimum atomic E-state index is -0.240. The van der Waals surface area contributed by atoms with E-state index in [1.807, 2.05) is 6.07 Å². The first kappa shape index (κ1) is 31.6. The highest BCUT2D eigenvalue weighted by atomic mass is 15.2. The molecule has 1 aliphatic heterocycles. The molecular weight excluding hydrogens is 669 g/mol. The molecule has 2 aliphatic rings. The zero-order valence-electron chi connectivity index (χ0n) is 30.9. The number of hydrogen-bond acceptors (Lipinski definition) is 3. The highest BCUT2D eigenvalue weighted by Crippen LogP contribution is 2.54. The quantitative estimate of drug-likeness (QED) is 0.171. The van der Waals surface area contributed by atoms with Crippen LogP contribution in [0.1, 0.15) is 43.3 Å². The standard InChI is InChI=1S/C51H36N4/c1-4-46-53-43-21-13-23-45-50(43)55(46)49-40(20-12-22-44(49)54(45)33-14-6-5-7-15-33)48-38-18-10-8-16-36(38)47(37-17-9-11-19-39(37)48)32-25-27-35-34-26-24-31(30-52)28-41(34)51(2,3)42(35)29-32/h5-29H,4H2,1-3H3. The van der Waals surface area contributed by atoms with Crippen LogP contribution in [0.5, 0.6) is 0 Å². The van der Waals surface area contributed by atoms with Crippen LogP contribution in [0, 0.1) is 11.3 Å². The van der Waals surface area contributed by atoms with Gasteiger partial charge in [-0.3, -0.25) is 4.57 Å². The van der Waals surface area contributed by atoms with E-state index in [-0.39, 0.29) is 5.41 Å². The number of rotatable bonds is 4. The lowest BCUT2D eigenvalue weighted by Crippen LogP contribution is -2.19. The molecule has 4 heteroatoms. The summed E-state index contributed by atoms with van der Waals surface area (Å²) in [5.74, 6) is 1.05. The van der Waals surface area contributed by atoms with E-state index < -0.39 is 0 Å². The van der Waals surface area contributed by atoms with Gasteiger partial charge in [-0.25, -0.2) is 4.98 Å². The summed E-state index contributed by atoms with van der Waals surface area (Å²) < 4.78 is 2.43. The van der Waals surface area contributed by atoms with Crippen LogP contribution < -0.4 is 4.90 Å². The summed E-state index contributed by atoms with van der Waals surface area (Å²) in [6.45, 7) is 6.78. The van der Waals surface area contributed by atoms with Crippen LogP contribution in [0.2, 0.25) is 0 Å². The number of benzene rings is 8. The lowest BCUT2D eigenvalue weighted by atomic mass is 9.80. The predicted octanol–water partition coefficient (Wildman–Crippen LogP) is 13.2. The van der Waals surface area contributed by atoms with Crippen LogP contribution in [-0.4, -0.2) is 9.55 Å². The lowest BCUT2D eigenvalue weighted by molar-refractivity contribution is 0.660. The molecule has 260 valence electrons. The van der Waals surface area contributed by atoms with Crippen LogP contribution in [0.4, 0.5) is 17.1 Å². The van der Waals surface area contributed by atoms with Crippen LogP contribution in [0.3, 0.4) is 0 Å². The van der Waals surface area contributed by atoms with Crippen LogP contribution in [0.25, 0.3) is 71.6 Å². The maximum absolute atomic E-state index is 9.72. The molecule has 9 aromatic rings. The van der Waals surface area contributed by atoms with Gasteiger partial charge < -0.3 is 4.90 Å². The van der Waals surface area contributed by atoms with E-state index in [0.717, 1.165) is 46.0 Å². The number of nitriles is 1. The number of aromatic nitrogens is 2. The van der Waals surface area contributed by atoms with Gasteiger partial charge in [0.2, 0.25) is 0 Å². The molecule has 0 radical (unpaired) electrons. The molecule has 0 spiro atoms. The van der Waals surface area contributed by atoms with Crippen molar-refractivity contribution < 1.29 is 0 Å². The summed E-state index contributed by atoms with van der Waals surface area (Å²) in [7, 11) is 0. The maximum Gasteiger partial charge on any atom is 0.114 e. The van der Waals surface area contributed by atoms with E-state index in [2.05, 4.69) is 182 Å². The Balaban J connectivity index is 1.21. The minimum absolute atomic E-state index is 0.240. The van der Waals surface area contributed by atoms with Crippen molar-refractivity contribution >= 4 is 49.6 Å². The fourth-order valence-corrected chi connectivity index (χ4v) is 9.64. The Kier molecular flexibility index (Phi) is 6.61. The third kappa shape index (κ3) is 4.30. The molecule has 8 aromatic carbocycles. The number of nitrogens with zero attached hydrogens (tertiary/aromatic N) is 4. The number of anilines is 3. The van der Waals surface area contributed by atoms with E-state index in [9.17, 15) is 5.26 Å². The molecule has 4 nitrogen and oxygen atoms in total. The highest BCUT2D eigenvalue weighted by molar-refractivity contribution is 6.23. The van der Waals surface area contributed by atoms with Crippen molar-refractivity contribution in [2.45, 2.75) is 32.6 Å². The Morgan fingerprint density at radius 2 is 1.22 bits per heavy atom. The van der Waals surface area contributed by atoms with Crippen molar-refractivity contribution in [3.63, 3.8) is 0 Å². The first-order chi connectivity index (χ1) is 27.0. The molecule has 11 rings (SSSR count). The van der Waals surface area contributed by atoms with Gasteiger partial charge in [0.1, 0.15) is 5.82 Å². The smallest absolute Gasteiger partial charge is 0.114 e. The summed E-state index contributed by atoms with van der Waals surface area (Å²) in [4.78, 5) is 7.64. The third-order valence-corrected chi connectivity index (χ3v) is 12.1. The predicted molar refractivity (Wildman–Crippen MR) is 227 cm³/mol. The molecule has 0 saturated carbocycles. The van der Waals surface area contributed by atoms with E-state index >= 15 is 0 Å². The molecular formula is C51H36N4. The molecule has 1 aliphatic carbocycles. The third-order valence-electron chi connectivity index (χ3n) is 12.1. The SMILES string of the molecule is CCc1nc2cccc3c2n1-c1c(-c2c4ccccc4c(-c4ccc5c(c4)C(C)(C)c4cc(C#N)ccc4-5)c4ccccc24)cccc1N3c1ccccc1. The van der Waals surface area contributed by atoms with Gasteiger partial charge in [0, 0.05) is 23.1 Å². The summed E-state index contributed by atoms with van der Waals surface area (Å²) in [5.41, 5.74) is 17.0. The van der Waals surface area contributed by atoms with Crippen molar-refractivity contribution in [1.82, 2.24) is 9.55 Å². The van der Waals surface area contributed by atoms with Gasteiger partial charge >= 0.3 is 0 Å². The number of para-hydroxylation sites is 3. The zero-order chi connectivity index (χ0) is 37.0. The van der Waals surface area contributed by atoms with E-state index in [1.54, 1.807) is 0 Å². The van der Waals surface area contributed by atoms with Crippen LogP contribution in [-0.2, 0) is 11.8 Å². The van der Waals surface area contributed by atoms with Crippen molar-refractivity contribution in [3.05, 3.63) is 174 Å². The van der Waals surface area contributed by atoms with Crippen molar-refractivity contribution in [1.29, 1.82) is 5.26 Å². The number of aryl methyl sites for hydroxylation is 1. The number of hydrogen-bond donors (Lipinski definition) is 0. The monoisotopic (exact) mass is 704 g/mol. The fourth-order valence-electron chi connectivity index (χ4n) is 9.64. The summed E-state index contributed by atoms with van der Waals surface area (Å²) in [5, 5.41) is 14.6. The first-order valence-corrected chi connectivity index (χ1v) is 19.1. The summed E-state index contributed by atoms with van der Waals surface area (Å²) in [6.07, 6.45) is 0.810. The van der Waals surface area contributed by atoms with Gasteiger partial charge in [-0.05, 0) is 109 Å². The Morgan fingerprint density at radius 3 is 1.91 bits per heavy atom. The van der Waals surface area contributed by atoms with Gasteiger partial charge in [0.15, 0.2) is 0 Å². The molecule has 0 bridgehead atoms. The molecule has 55 heavy (non-hydrogen) atoms. The van der Waals surface area contributed by atoms with Crippen LogP contribution >= 0.6 is 0 Å². The second-order valence-electron chi connectivity index (χ2n) is 15.3. The first-order valence-electron chi connectivity index (χ1n) is 19.1. The topological polar surface area (TPSA) is 44.9 Å². The summed E-state index contributed by atoms with van der Waals surface area (Å²) >= 11 is 0. The summed E-state index contributed by atoms with van der Waals surface area (Å²) in [6, 6.07) is 57.3. The highest BCUT2D eigenvalue weighted by Gasteiger charge is 2.36. The number of imidazole rings is 1. The zero-order valence-corrected chi connectivity index (χ0v) is 30.9. The fraction of sp³-hybridized carbons (Fsp3) is 0.0980. The van der Waals surface area contributed by atoms with Crippen molar-refractivity contribution in [2.24, 2.45) is 0 Å². The Bertz CT molecular complexity index is 3070. The Morgan fingerprint density at radius 1 is 0.600 bits per heavy atom. The van der Waals surface area contributed by atoms with Crippen molar-refractivity contribution in [3.8, 4) is 45.1 Å². The van der Waals surface area contributed by atoms with Gasteiger partial charge in [-0.2, -0.15) is 5.26 Å². The maximum atomic E-state index is 9.72. The molecule has 1 aromatic heterocycles. The molecule has 0 fully saturated rings. The van der Waals surface area contributed by atoms with Gasteiger partial charge in [0.05, 0.1) is 39.7 Å². The normalized spacial score (nSPS) is 13.5. The largest absolute Gasteiger partial charge is 0.306 e. The molecule has 0 amide bonds. The average Bonchev–Trinajstić information content (AvgIpc) is 3.72. The van der Waals surface area contributed by atoms with Gasteiger partial charge in [-0.1, -0.05) is 124 Å².